The van der Waals surface area contributed by atoms with Crippen LogP contribution in [0.4, 0.5) is 0 Å². The molecule has 1 aromatic rings. The van der Waals surface area contributed by atoms with Gasteiger partial charge in [0, 0.05) is 0 Å². The normalized spacial score (nSPS) is 24.2. The SMILES string of the molecule is CCc1ccc2c(c1)C(CCN)C(C)CC2. The fourth-order valence-electron chi connectivity index (χ4n) is 2.95. The molecule has 16 heavy (non-hydrogen) atoms. The second-order valence-corrected chi connectivity index (χ2v) is 5.09. The molecular formula is C15H23N. The van der Waals surface area contributed by atoms with Crippen LogP contribution in [0.1, 0.15) is 49.3 Å². The maximum Gasteiger partial charge on any atom is -0.00713 e. The van der Waals surface area contributed by atoms with Crippen molar-refractivity contribution in [3.63, 3.8) is 0 Å². The predicted octanol–water partition coefficient (Wildman–Crippen LogP) is 3.26. The maximum absolute atomic E-state index is 5.75. The van der Waals surface area contributed by atoms with E-state index in [2.05, 4.69) is 32.0 Å². The molecule has 2 unspecified atom stereocenters. The first-order valence-electron chi connectivity index (χ1n) is 6.58. The molecule has 0 saturated carbocycles. The molecule has 1 aliphatic carbocycles. The third-order valence-electron chi connectivity index (χ3n) is 4.05. The number of rotatable bonds is 3. The molecule has 0 amide bonds. The number of benzene rings is 1. The van der Waals surface area contributed by atoms with E-state index in [1.165, 1.54) is 18.4 Å². The predicted molar refractivity (Wildman–Crippen MR) is 69.7 cm³/mol. The molecule has 0 aromatic heterocycles. The largest absolute Gasteiger partial charge is 0.330 e. The van der Waals surface area contributed by atoms with Crippen LogP contribution in [0.2, 0.25) is 0 Å². The number of aryl methyl sites for hydroxylation is 2. The van der Waals surface area contributed by atoms with Crippen molar-refractivity contribution in [2.45, 2.75) is 45.4 Å². The van der Waals surface area contributed by atoms with Crippen molar-refractivity contribution in [3.05, 3.63) is 34.9 Å². The summed E-state index contributed by atoms with van der Waals surface area (Å²) in [6.07, 6.45) is 4.85. The zero-order chi connectivity index (χ0) is 11.5. The fourth-order valence-corrected chi connectivity index (χ4v) is 2.95. The Hall–Kier alpha value is -0.820. The van der Waals surface area contributed by atoms with Gasteiger partial charge >= 0.3 is 0 Å². The Bertz CT molecular complexity index is 356. The van der Waals surface area contributed by atoms with Crippen LogP contribution in [-0.2, 0) is 12.8 Å². The van der Waals surface area contributed by atoms with Gasteiger partial charge in [0.15, 0.2) is 0 Å². The molecule has 0 spiro atoms. The molecule has 0 heterocycles. The van der Waals surface area contributed by atoms with Crippen LogP contribution in [0.5, 0.6) is 0 Å². The zero-order valence-electron chi connectivity index (χ0n) is 10.5. The first-order chi connectivity index (χ1) is 7.76. The van der Waals surface area contributed by atoms with E-state index < -0.39 is 0 Å². The molecule has 2 rings (SSSR count). The van der Waals surface area contributed by atoms with Crippen molar-refractivity contribution in [1.82, 2.24) is 0 Å². The van der Waals surface area contributed by atoms with Crippen molar-refractivity contribution in [1.29, 1.82) is 0 Å². The molecule has 0 aliphatic heterocycles. The Morgan fingerprint density at radius 2 is 2.19 bits per heavy atom. The number of hydrogen-bond donors (Lipinski definition) is 1. The smallest absolute Gasteiger partial charge is 0.00713 e. The van der Waals surface area contributed by atoms with Crippen molar-refractivity contribution in [2.75, 3.05) is 6.54 Å². The minimum Gasteiger partial charge on any atom is -0.330 e. The van der Waals surface area contributed by atoms with Gasteiger partial charge in [-0.2, -0.15) is 0 Å². The minimum atomic E-state index is 0.695. The third kappa shape index (κ3) is 2.15. The topological polar surface area (TPSA) is 26.0 Å². The summed E-state index contributed by atoms with van der Waals surface area (Å²) >= 11 is 0. The van der Waals surface area contributed by atoms with Crippen molar-refractivity contribution in [2.24, 2.45) is 11.7 Å². The standard InChI is InChI=1S/C15H23N/c1-3-12-5-7-13-6-4-11(2)14(8-9-16)15(13)10-12/h5,7,10-11,14H,3-4,6,8-9,16H2,1-2H3. The van der Waals surface area contributed by atoms with Crippen LogP contribution in [0, 0.1) is 5.92 Å². The van der Waals surface area contributed by atoms with E-state index in [1.54, 1.807) is 11.1 Å². The van der Waals surface area contributed by atoms with E-state index in [0.29, 0.717) is 5.92 Å². The molecule has 1 nitrogen and oxygen atoms in total. The Morgan fingerprint density at radius 3 is 2.88 bits per heavy atom. The van der Waals surface area contributed by atoms with Crippen molar-refractivity contribution < 1.29 is 0 Å². The lowest BCUT2D eigenvalue weighted by molar-refractivity contribution is 0.387. The first kappa shape index (κ1) is 11.7. The van der Waals surface area contributed by atoms with Crippen molar-refractivity contribution >= 4 is 0 Å². The Balaban J connectivity index is 2.35. The van der Waals surface area contributed by atoms with Gasteiger partial charge in [0.2, 0.25) is 0 Å². The van der Waals surface area contributed by atoms with E-state index in [1.807, 2.05) is 0 Å². The molecular weight excluding hydrogens is 194 g/mol. The summed E-state index contributed by atoms with van der Waals surface area (Å²) in [6.45, 7) is 5.42. The molecule has 1 aromatic carbocycles. The van der Waals surface area contributed by atoms with E-state index in [9.17, 15) is 0 Å². The van der Waals surface area contributed by atoms with Crippen LogP contribution in [-0.4, -0.2) is 6.54 Å². The summed E-state index contributed by atoms with van der Waals surface area (Å²) in [4.78, 5) is 0. The molecule has 1 aliphatic rings. The molecule has 1 heteroatoms. The Morgan fingerprint density at radius 1 is 1.38 bits per heavy atom. The summed E-state index contributed by atoms with van der Waals surface area (Å²) in [5, 5.41) is 0. The molecule has 0 fully saturated rings. The van der Waals surface area contributed by atoms with E-state index in [-0.39, 0.29) is 0 Å². The van der Waals surface area contributed by atoms with E-state index in [0.717, 1.165) is 25.3 Å². The molecule has 88 valence electrons. The van der Waals surface area contributed by atoms with Gasteiger partial charge in [-0.15, -0.1) is 0 Å². The van der Waals surface area contributed by atoms with Gasteiger partial charge in [-0.05, 0) is 60.8 Å². The van der Waals surface area contributed by atoms with Crippen molar-refractivity contribution in [3.8, 4) is 0 Å². The second-order valence-electron chi connectivity index (χ2n) is 5.09. The summed E-state index contributed by atoms with van der Waals surface area (Å²) in [5.41, 5.74) is 10.4. The lowest BCUT2D eigenvalue weighted by Crippen LogP contribution is -2.21. The number of nitrogens with two attached hydrogens (primary N) is 1. The molecule has 0 saturated heterocycles. The minimum absolute atomic E-state index is 0.695. The lowest BCUT2D eigenvalue weighted by atomic mass is 9.74. The van der Waals surface area contributed by atoms with E-state index in [4.69, 9.17) is 5.73 Å². The molecule has 0 bridgehead atoms. The second kappa shape index (κ2) is 5.01. The summed E-state index contributed by atoms with van der Waals surface area (Å²) in [7, 11) is 0. The highest BCUT2D eigenvalue weighted by molar-refractivity contribution is 5.37. The molecule has 2 N–H and O–H groups in total. The van der Waals surface area contributed by atoms with Gasteiger partial charge in [0.05, 0.1) is 0 Å². The third-order valence-corrected chi connectivity index (χ3v) is 4.05. The van der Waals surface area contributed by atoms with Gasteiger partial charge in [0.25, 0.3) is 0 Å². The first-order valence-corrected chi connectivity index (χ1v) is 6.58. The molecule has 0 radical (unpaired) electrons. The lowest BCUT2D eigenvalue weighted by Gasteiger charge is -2.31. The van der Waals surface area contributed by atoms with Gasteiger partial charge in [0.1, 0.15) is 0 Å². The zero-order valence-corrected chi connectivity index (χ0v) is 10.5. The highest BCUT2D eigenvalue weighted by atomic mass is 14.5. The summed E-state index contributed by atoms with van der Waals surface area (Å²) < 4.78 is 0. The average molecular weight is 217 g/mol. The van der Waals surface area contributed by atoms with Crippen LogP contribution in [0.25, 0.3) is 0 Å². The quantitative estimate of drug-likeness (QED) is 0.826. The summed E-state index contributed by atoms with van der Waals surface area (Å²) in [6, 6.07) is 7.04. The van der Waals surface area contributed by atoms with Crippen LogP contribution in [0.15, 0.2) is 18.2 Å². The van der Waals surface area contributed by atoms with Gasteiger partial charge in [-0.3, -0.25) is 0 Å². The Kier molecular flexibility index (Phi) is 3.65. The highest BCUT2D eigenvalue weighted by Gasteiger charge is 2.25. The number of fused-ring (bicyclic) bond motifs is 1. The Labute approximate surface area is 99.0 Å². The van der Waals surface area contributed by atoms with Gasteiger partial charge in [-0.25, -0.2) is 0 Å². The average Bonchev–Trinajstić information content (AvgIpc) is 2.32. The maximum atomic E-state index is 5.75. The van der Waals surface area contributed by atoms with E-state index >= 15 is 0 Å². The highest BCUT2D eigenvalue weighted by Crippen LogP contribution is 2.38. The van der Waals surface area contributed by atoms with Gasteiger partial charge in [-0.1, -0.05) is 32.0 Å². The number of hydrogen-bond acceptors (Lipinski definition) is 1. The van der Waals surface area contributed by atoms with Gasteiger partial charge < -0.3 is 5.73 Å². The van der Waals surface area contributed by atoms with Crippen LogP contribution >= 0.6 is 0 Å². The van der Waals surface area contributed by atoms with Crippen LogP contribution < -0.4 is 5.73 Å². The monoisotopic (exact) mass is 217 g/mol. The fraction of sp³-hybridized carbons (Fsp3) is 0.600. The van der Waals surface area contributed by atoms with Crippen LogP contribution in [0.3, 0.4) is 0 Å². The molecule has 2 atom stereocenters. The summed E-state index contributed by atoms with van der Waals surface area (Å²) in [5.74, 6) is 1.49.